The summed E-state index contributed by atoms with van der Waals surface area (Å²) in [6.45, 7) is 0.858. The van der Waals surface area contributed by atoms with Crippen molar-refractivity contribution in [2.75, 3.05) is 6.61 Å². The Balaban J connectivity index is 2.05. The molecule has 0 saturated carbocycles. The average Bonchev–Trinajstić information content (AvgIpc) is 2.37. The molecule has 1 aliphatic heterocycles. The molecule has 1 fully saturated rings. The summed E-state index contributed by atoms with van der Waals surface area (Å²) in [4.78, 5) is 0.0369. The van der Waals surface area contributed by atoms with Gasteiger partial charge in [-0.15, -0.1) is 0 Å². The van der Waals surface area contributed by atoms with Gasteiger partial charge in [-0.1, -0.05) is 24.6 Å². The minimum Gasteiger partial charge on any atom is -0.420 e. The zero-order chi connectivity index (χ0) is 13.0. The van der Waals surface area contributed by atoms with Gasteiger partial charge in [0.2, 0.25) is 0 Å². The van der Waals surface area contributed by atoms with E-state index in [1.54, 1.807) is 18.2 Å². The maximum Gasteiger partial charge on any atom is 0.294 e. The number of hydrogen-bond acceptors (Lipinski definition) is 3. The first-order valence-corrected chi connectivity index (χ1v) is 9.79. The fourth-order valence-electron chi connectivity index (χ4n) is 2.31. The summed E-state index contributed by atoms with van der Waals surface area (Å²) in [6.07, 6.45) is 3.05. The molecular formula is C12H18O4SSi. The summed E-state index contributed by atoms with van der Waals surface area (Å²) in [6, 6.07) is 8.75. The highest BCUT2D eigenvalue weighted by Gasteiger charge is 2.19. The Labute approximate surface area is 109 Å². The molecule has 1 N–H and O–H groups in total. The van der Waals surface area contributed by atoms with Gasteiger partial charge in [-0.05, 0) is 36.6 Å². The van der Waals surface area contributed by atoms with E-state index in [-0.39, 0.29) is 4.90 Å². The largest absolute Gasteiger partial charge is 0.420 e. The summed E-state index contributed by atoms with van der Waals surface area (Å²) in [5.41, 5.74) is 0.696. The lowest BCUT2D eigenvalue weighted by Crippen LogP contribution is -2.23. The van der Waals surface area contributed by atoms with Crippen LogP contribution < -0.4 is 0 Å². The van der Waals surface area contributed by atoms with Crippen molar-refractivity contribution in [3.05, 3.63) is 29.8 Å². The van der Waals surface area contributed by atoms with Crippen molar-refractivity contribution in [1.29, 1.82) is 0 Å². The van der Waals surface area contributed by atoms with Gasteiger partial charge in [0, 0.05) is 6.61 Å². The van der Waals surface area contributed by atoms with E-state index in [0.29, 0.717) is 12.0 Å². The highest BCUT2D eigenvalue weighted by atomic mass is 32.2. The van der Waals surface area contributed by atoms with E-state index < -0.39 is 19.2 Å². The van der Waals surface area contributed by atoms with Gasteiger partial charge in [0.25, 0.3) is 10.1 Å². The van der Waals surface area contributed by atoms with Crippen LogP contribution in [0.4, 0.5) is 0 Å². The van der Waals surface area contributed by atoms with Gasteiger partial charge in [-0.2, -0.15) is 8.42 Å². The first kappa shape index (κ1) is 13.7. The van der Waals surface area contributed by atoms with Gasteiger partial charge in [0.15, 0.2) is 9.04 Å². The first-order chi connectivity index (χ1) is 8.57. The van der Waals surface area contributed by atoms with Crippen molar-refractivity contribution in [3.8, 4) is 0 Å². The van der Waals surface area contributed by atoms with Crippen LogP contribution in [-0.2, 0) is 21.0 Å². The molecule has 0 amide bonds. The molecule has 0 spiro atoms. The predicted octanol–water partition coefficient (Wildman–Crippen LogP) is 2.01. The lowest BCUT2D eigenvalue weighted by molar-refractivity contribution is 0.286. The third-order valence-corrected chi connectivity index (χ3v) is 6.91. The fraction of sp³-hybridized carbons (Fsp3) is 0.500. The summed E-state index contributed by atoms with van der Waals surface area (Å²) in [5.74, 6) is 0. The second kappa shape index (κ2) is 5.97. The Bertz CT molecular complexity index is 495. The minimum atomic E-state index is -4.11. The summed E-state index contributed by atoms with van der Waals surface area (Å²) in [5, 5.41) is 0. The van der Waals surface area contributed by atoms with E-state index in [2.05, 4.69) is 0 Å². The molecular weight excluding hydrogens is 268 g/mol. The molecule has 1 heterocycles. The number of benzene rings is 1. The lowest BCUT2D eigenvalue weighted by Gasteiger charge is -2.21. The zero-order valence-electron chi connectivity index (χ0n) is 10.2. The molecule has 4 nitrogen and oxygen atoms in total. The molecule has 18 heavy (non-hydrogen) atoms. The van der Waals surface area contributed by atoms with Crippen LogP contribution in [0.3, 0.4) is 0 Å². The first-order valence-electron chi connectivity index (χ1n) is 6.24. The zero-order valence-corrected chi connectivity index (χ0v) is 12.2. The van der Waals surface area contributed by atoms with Crippen LogP contribution in [0.2, 0.25) is 12.1 Å². The van der Waals surface area contributed by atoms with Crippen LogP contribution >= 0.6 is 0 Å². The minimum absolute atomic E-state index is 0.0369. The van der Waals surface area contributed by atoms with Crippen molar-refractivity contribution in [2.45, 2.75) is 36.2 Å². The topological polar surface area (TPSA) is 63.6 Å². The van der Waals surface area contributed by atoms with E-state index >= 15 is 0 Å². The summed E-state index contributed by atoms with van der Waals surface area (Å²) < 4.78 is 37.4. The van der Waals surface area contributed by atoms with Gasteiger partial charge in [-0.3, -0.25) is 4.55 Å². The van der Waals surface area contributed by atoms with Gasteiger partial charge >= 0.3 is 0 Å². The van der Waals surface area contributed by atoms with Gasteiger partial charge in [-0.25, -0.2) is 0 Å². The van der Waals surface area contributed by atoms with Crippen LogP contribution in [0.1, 0.15) is 18.4 Å². The Morgan fingerprint density at radius 3 is 2.72 bits per heavy atom. The normalized spacial score (nSPS) is 20.8. The molecule has 1 aromatic rings. The van der Waals surface area contributed by atoms with Crippen molar-refractivity contribution in [2.24, 2.45) is 0 Å². The summed E-state index contributed by atoms with van der Waals surface area (Å²) >= 11 is 0. The Morgan fingerprint density at radius 2 is 2.06 bits per heavy atom. The van der Waals surface area contributed by atoms with Gasteiger partial charge in [0.1, 0.15) is 0 Å². The molecule has 1 aliphatic rings. The molecule has 1 atom stereocenters. The van der Waals surface area contributed by atoms with Gasteiger partial charge < -0.3 is 4.43 Å². The molecule has 6 heteroatoms. The maximum absolute atomic E-state index is 11.2. The number of rotatable bonds is 4. The molecule has 100 valence electrons. The lowest BCUT2D eigenvalue weighted by atomic mass is 10.2. The molecule has 0 aliphatic carbocycles. The van der Waals surface area contributed by atoms with E-state index in [9.17, 15) is 8.42 Å². The summed E-state index contributed by atoms with van der Waals surface area (Å²) in [7, 11) is -5.26. The number of aryl methyl sites for hydroxylation is 1. The second-order valence-electron chi connectivity index (χ2n) is 4.61. The molecule has 1 aromatic carbocycles. The number of hydrogen-bond donors (Lipinski definition) is 1. The molecule has 2 rings (SSSR count). The van der Waals surface area contributed by atoms with Crippen molar-refractivity contribution >= 4 is 19.2 Å². The quantitative estimate of drug-likeness (QED) is 0.679. The Kier molecular flexibility index (Phi) is 4.55. The van der Waals surface area contributed by atoms with E-state index in [4.69, 9.17) is 8.98 Å². The SMILES string of the molecule is O=S(=O)(O)c1ccccc1CC[SiH]1CCCCO1. The predicted molar refractivity (Wildman–Crippen MR) is 71.9 cm³/mol. The third-order valence-electron chi connectivity index (χ3n) is 3.26. The van der Waals surface area contributed by atoms with E-state index in [0.717, 1.165) is 19.1 Å². The van der Waals surface area contributed by atoms with Crippen molar-refractivity contribution in [1.82, 2.24) is 0 Å². The molecule has 0 aromatic heterocycles. The standard InChI is InChI=1S/C12H18O4SSi/c13-17(14,15)12-6-2-1-5-11(12)7-10-18-9-4-3-8-16-18/h1-2,5-6,18H,3-4,7-10H2,(H,13,14,15). The molecule has 1 saturated heterocycles. The van der Waals surface area contributed by atoms with Crippen molar-refractivity contribution < 1.29 is 17.4 Å². The van der Waals surface area contributed by atoms with Crippen LogP contribution in [0, 0.1) is 0 Å². The molecule has 0 radical (unpaired) electrons. The monoisotopic (exact) mass is 286 g/mol. The van der Waals surface area contributed by atoms with E-state index in [1.807, 2.05) is 0 Å². The second-order valence-corrected chi connectivity index (χ2v) is 8.73. The average molecular weight is 286 g/mol. The maximum atomic E-state index is 11.2. The van der Waals surface area contributed by atoms with Crippen LogP contribution in [-0.4, -0.2) is 28.6 Å². The van der Waals surface area contributed by atoms with E-state index in [1.165, 1.54) is 18.5 Å². The Hall–Kier alpha value is -0.693. The molecule has 0 bridgehead atoms. The Morgan fingerprint density at radius 1 is 1.28 bits per heavy atom. The molecule has 1 unspecified atom stereocenters. The fourth-order valence-corrected chi connectivity index (χ4v) is 5.56. The highest BCUT2D eigenvalue weighted by Crippen LogP contribution is 2.20. The van der Waals surface area contributed by atoms with Crippen LogP contribution in [0.25, 0.3) is 0 Å². The van der Waals surface area contributed by atoms with Gasteiger partial charge in [0.05, 0.1) is 4.90 Å². The smallest absolute Gasteiger partial charge is 0.294 e. The van der Waals surface area contributed by atoms with Crippen molar-refractivity contribution in [3.63, 3.8) is 0 Å². The highest BCUT2D eigenvalue weighted by molar-refractivity contribution is 7.85. The van der Waals surface area contributed by atoms with Crippen LogP contribution in [0.5, 0.6) is 0 Å². The third kappa shape index (κ3) is 3.65. The van der Waals surface area contributed by atoms with Crippen LogP contribution in [0.15, 0.2) is 29.2 Å².